The van der Waals surface area contributed by atoms with E-state index >= 15 is 0 Å². The molecule has 1 fully saturated rings. The molecule has 16 heavy (non-hydrogen) atoms. The van der Waals surface area contributed by atoms with Crippen LogP contribution >= 0.6 is 15.9 Å². The molecule has 1 rings (SSSR count). The lowest BCUT2D eigenvalue weighted by molar-refractivity contribution is -0.121. The molecular formula is C13H24BrNO. The van der Waals surface area contributed by atoms with E-state index in [2.05, 4.69) is 21.2 Å². The SMILES string of the molecule is O=C(CCCCBr)NCCCC1CCCC1. The molecule has 0 saturated heterocycles. The fourth-order valence-corrected chi connectivity index (χ4v) is 2.78. The van der Waals surface area contributed by atoms with Gasteiger partial charge in [-0.15, -0.1) is 0 Å². The monoisotopic (exact) mass is 289 g/mol. The summed E-state index contributed by atoms with van der Waals surface area (Å²) in [5.74, 6) is 1.18. The van der Waals surface area contributed by atoms with Gasteiger partial charge in [-0.05, 0) is 31.6 Å². The van der Waals surface area contributed by atoms with Crippen LogP contribution in [0.25, 0.3) is 0 Å². The van der Waals surface area contributed by atoms with Crippen molar-refractivity contribution in [1.82, 2.24) is 5.32 Å². The summed E-state index contributed by atoms with van der Waals surface area (Å²) in [6.07, 6.45) is 10.9. The van der Waals surface area contributed by atoms with Crippen LogP contribution in [0, 0.1) is 5.92 Å². The van der Waals surface area contributed by atoms with Gasteiger partial charge in [0.2, 0.25) is 5.91 Å². The van der Waals surface area contributed by atoms with E-state index in [0.29, 0.717) is 6.42 Å². The number of rotatable bonds is 8. The number of nitrogens with one attached hydrogen (secondary N) is 1. The summed E-state index contributed by atoms with van der Waals surface area (Å²) in [6, 6.07) is 0. The second kappa shape index (κ2) is 9.03. The van der Waals surface area contributed by atoms with E-state index in [4.69, 9.17) is 0 Å². The van der Waals surface area contributed by atoms with E-state index in [1.807, 2.05) is 0 Å². The highest BCUT2D eigenvalue weighted by molar-refractivity contribution is 9.09. The van der Waals surface area contributed by atoms with Crippen LogP contribution in [-0.4, -0.2) is 17.8 Å². The number of amides is 1. The Hall–Kier alpha value is -0.0500. The molecular weight excluding hydrogens is 266 g/mol. The summed E-state index contributed by atoms with van der Waals surface area (Å²) in [5, 5.41) is 4.01. The molecule has 1 aliphatic carbocycles. The van der Waals surface area contributed by atoms with Crippen LogP contribution in [0.15, 0.2) is 0 Å². The minimum Gasteiger partial charge on any atom is -0.356 e. The Kier molecular flexibility index (Phi) is 7.91. The van der Waals surface area contributed by atoms with Gasteiger partial charge in [0, 0.05) is 18.3 Å². The van der Waals surface area contributed by atoms with Gasteiger partial charge in [-0.25, -0.2) is 0 Å². The zero-order valence-corrected chi connectivity index (χ0v) is 11.7. The van der Waals surface area contributed by atoms with Gasteiger partial charge >= 0.3 is 0 Å². The Balaban J connectivity index is 1.87. The zero-order chi connectivity index (χ0) is 11.6. The molecule has 0 spiro atoms. The van der Waals surface area contributed by atoms with Gasteiger partial charge in [0.1, 0.15) is 0 Å². The van der Waals surface area contributed by atoms with Crippen molar-refractivity contribution in [3.63, 3.8) is 0 Å². The fourth-order valence-electron chi connectivity index (χ4n) is 2.39. The van der Waals surface area contributed by atoms with Crippen LogP contribution in [-0.2, 0) is 4.79 Å². The molecule has 3 heteroatoms. The highest BCUT2D eigenvalue weighted by Crippen LogP contribution is 2.28. The lowest BCUT2D eigenvalue weighted by atomic mass is 10.0. The van der Waals surface area contributed by atoms with Crippen LogP contribution in [0.2, 0.25) is 0 Å². The largest absolute Gasteiger partial charge is 0.356 e. The van der Waals surface area contributed by atoms with Crippen molar-refractivity contribution in [2.45, 2.75) is 57.8 Å². The summed E-state index contributed by atoms with van der Waals surface area (Å²) in [6.45, 7) is 0.879. The lowest BCUT2D eigenvalue weighted by Gasteiger charge is -2.09. The minimum atomic E-state index is 0.229. The molecule has 0 aromatic rings. The topological polar surface area (TPSA) is 29.1 Å². The average Bonchev–Trinajstić information content (AvgIpc) is 2.78. The summed E-state index contributed by atoms with van der Waals surface area (Å²) >= 11 is 3.37. The highest BCUT2D eigenvalue weighted by atomic mass is 79.9. The van der Waals surface area contributed by atoms with Crippen molar-refractivity contribution in [2.24, 2.45) is 5.92 Å². The van der Waals surface area contributed by atoms with Crippen molar-refractivity contribution in [1.29, 1.82) is 0 Å². The lowest BCUT2D eigenvalue weighted by Crippen LogP contribution is -2.24. The fraction of sp³-hybridized carbons (Fsp3) is 0.923. The molecule has 0 bridgehead atoms. The third-order valence-electron chi connectivity index (χ3n) is 3.37. The van der Waals surface area contributed by atoms with Gasteiger partial charge < -0.3 is 5.32 Å². The standard InChI is InChI=1S/C13H24BrNO/c14-10-4-3-9-13(16)15-11-5-8-12-6-1-2-7-12/h12H,1-11H2,(H,15,16). The molecule has 1 saturated carbocycles. The van der Waals surface area contributed by atoms with Crippen molar-refractivity contribution >= 4 is 21.8 Å². The van der Waals surface area contributed by atoms with E-state index in [-0.39, 0.29) is 5.91 Å². The number of unbranched alkanes of at least 4 members (excludes halogenated alkanes) is 1. The van der Waals surface area contributed by atoms with E-state index in [1.165, 1.54) is 32.1 Å². The number of hydrogen-bond donors (Lipinski definition) is 1. The Morgan fingerprint density at radius 1 is 1.19 bits per heavy atom. The molecule has 0 aromatic carbocycles. The quantitative estimate of drug-likeness (QED) is 0.536. The molecule has 1 amide bonds. The van der Waals surface area contributed by atoms with Crippen LogP contribution in [0.5, 0.6) is 0 Å². The molecule has 0 unspecified atom stereocenters. The van der Waals surface area contributed by atoms with Gasteiger partial charge in [-0.1, -0.05) is 41.6 Å². The Morgan fingerprint density at radius 3 is 2.62 bits per heavy atom. The van der Waals surface area contributed by atoms with Crippen molar-refractivity contribution < 1.29 is 4.79 Å². The van der Waals surface area contributed by atoms with E-state index in [9.17, 15) is 4.79 Å². The molecule has 0 atom stereocenters. The van der Waals surface area contributed by atoms with Crippen molar-refractivity contribution in [3.8, 4) is 0 Å². The maximum absolute atomic E-state index is 11.4. The second-order valence-electron chi connectivity index (χ2n) is 4.79. The summed E-state index contributed by atoms with van der Waals surface area (Å²) < 4.78 is 0. The van der Waals surface area contributed by atoms with Gasteiger partial charge in [-0.3, -0.25) is 4.79 Å². The molecule has 0 heterocycles. The van der Waals surface area contributed by atoms with Gasteiger partial charge in [-0.2, -0.15) is 0 Å². The molecule has 0 aliphatic heterocycles. The first-order valence-electron chi connectivity index (χ1n) is 6.65. The van der Waals surface area contributed by atoms with E-state index < -0.39 is 0 Å². The predicted molar refractivity (Wildman–Crippen MR) is 71.8 cm³/mol. The molecule has 1 N–H and O–H groups in total. The summed E-state index contributed by atoms with van der Waals surface area (Å²) in [5.41, 5.74) is 0. The van der Waals surface area contributed by atoms with Gasteiger partial charge in [0.15, 0.2) is 0 Å². The molecule has 2 nitrogen and oxygen atoms in total. The van der Waals surface area contributed by atoms with Crippen LogP contribution in [0.4, 0.5) is 0 Å². The number of halogens is 1. The molecule has 1 aliphatic rings. The third kappa shape index (κ3) is 6.51. The summed E-state index contributed by atoms with van der Waals surface area (Å²) in [4.78, 5) is 11.4. The Labute approximate surface area is 108 Å². The number of carbonyl (C=O) groups excluding carboxylic acids is 1. The maximum Gasteiger partial charge on any atom is 0.219 e. The van der Waals surface area contributed by atoms with Gasteiger partial charge in [0.05, 0.1) is 0 Å². The molecule has 0 aromatic heterocycles. The maximum atomic E-state index is 11.4. The minimum absolute atomic E-state index is 0.229. The second-order valence-corrected chi connectivity index (χ2v) is 5.58. The predicted octanol–water partition coefficient (Wildman–Crippen LogP) is 3.64. The van der Waals surface area contributed by atoms with Crippen molar-refractivity contribution in [3.05, 3.63) is 0 Å². The first kappa shape index (κ1) is 14.0. The highest BCUT2D eigenvalue weighted by Gasteiger charge is 2.13. The average molecular weight is 290 g/mol. The van der Waals surface area contributed by atoms with Crippen LogP contribution in [0.3, 0.4) is 0 Å². The van der Waals surface area contributed by atoms with Crippen LogP contribution in [0.1, 0.15) is 57.8 Å². The van der Waals surface area contributed by atoms with Gasteiger partial charge in [0.25, 0.3) is 0 Å². The number of hydrogen-bond acceptors (Lipinski definition) is 1. The van der Waals surface area contributed by atoms with Crippen molar-refractivity contribution in [2.75, 3.05) is 11.9 Å². The first-order chi connectivity index (χ1) is 7.83. The first-order valence-corrected chi connectivity index (χ1v) is 7.77. The molecule has 0 radical (unpaired) electrons. The molecule has 94 valence electrons. The van der Waals surface area contributed by atoms with E-state index in [1.54, 1.807) is 0 Å². The normalized spacial score (nSPS) is 16.6. The smallest absolute Gasteiger partial charge is 0.219 e. The number of alkyl halides is 1. The van der Waals surface area contributed by atoms with Crippen LogP contribution < -0.4 is 5.32 Å². The van der Waals surface area contributed by atoms with E-state index in [0.717, 1.165) is 37.1 Å². The summed E-state index contributed by atoms with van der Waals surface area (Å²) in [7, 11) is 0. The zero-order valence-electron chi connectivity index (χ0n) is 10.1. The number of carbonyl (C=O) groups is 1. The Bertz CT molecular complexity index is 190. The third-order valence-corrected chi connectivity index (χ3v) is 3.93. The Morgan fingerprint density at radius 2 is 1.94 bits per heavy atom.